The quantitative estimate of drug-likeness (QED) is 0.724. The summed E-state index contributed by atoms with van der Waals surface area (Å²) in [6.07, 6.45) is 1.53. The molecule has 1 aromatic carbocycles. The molecule has 76 valence electrons. The number of aromatic nitrogens is 3. The first-order valence-corrected chi connectivity index (χ1v) is 4.21. The van der Waals surface area contributed by atoms with E-state index < -0.39 is 0 Å². The van der Waals surface area contributed by atoms with Crippen LogP contribution in [0.2, 0.25) is 0 Å². The second-order valence-corrected chi connectivity index (χ2v) is 2.83. The molecule has 3 N–H and O–H groups in total. The lowest BCUT2D eigenvalue weighted by molar-refractivity contribution is 0.628. The van der Waals surface area contributed by atoms with E-state index in [0.29, 0.717) is 0 Å². The van der Waals surface area contributed by atoms with E-state index in [2.05, 4.69) is 20.2 Å². The van der Waals surface area contributed by atoms with Crippen molar-refractivity contribution in [1.29, 1.82) is 0 Å². The van der Waals surface area contributed by atoms with Gasteiger partial charge in [0.15, 0.2) is 0 Å². The summed E-state index contributed by atoms with van der Waals surface area (Å²) in [7, 11) is 0. The smallest absolute Gasteiger partial charge is 0.269 e. The number of rotatable bonds is 2. The van der Waals surface area contributed by atoms with Crippen molar-refractivity contribution in [2.45, 2.75) is 0 Å². The van der Waals surface area contributed by atoms with Crippen molar-refractivity contribution in [3.63, 3.8) is 0 Å². The molecule has 0 saturated carbocycles. The number of anilines is 1. The van der Waals surface area contributed by atoms with Crippen LogP contribution in [0.1, 0.15) is 5.56 Å². The average molecular weight is 205 g/mol. The number of halogens is 1. The molecule has 1 aromatic heterocycles. The fourth-order valence-corrected chi connectivity index (χ4v) is 1.00. The van der Waals surface area contributed by atoms with Gasteiger partial charge in [-0.1, -0.05) is 12.1 Å². The Balaban J connectivity index is 2.14. The Morgan fingerprint density at radius 3 is 2.67 bits per heavy atom. The van der Waals surface area contributed by atoms with Crippen LogP contribution in [0, 0.1) is 5.82 Å². The van der Waals surface area contributed by atoms with Crippen molar-refractivity contribution in [3.05, 3.63) is 35.6 Å². The number of hydrogen-bond donors (Lipinski definition) is 2. The van der Waals surface area contributed by atoms with Gasteiger partial charge in [0.05, 0.1) is 0 Å². The van der Waals surface area contributed by atoms with Crippen LogP contribution >= 0.6 is 0 Å². The fraction of sp³-hybridized carbons (Fsp3) is 0. The fourth-order valence-electron chi connectivity index (χ4n) is 1.00. The molecule has 15 heavy (non-hydrogen) atoms. The molecular weight excluding hydrogens is 197 g/mol. The predicted octanol–water partition coefficient (Wildman–Crippen LogP) is 1.28. The summed E-state index contributed by atoms with van der Waals surface area (Å²) in [5.41, 5.74) is 6.08. The largest absolute Gasteiger partial charge is 0.368 e. The van der Waals surface area contributed by atoms with Crippen molar-refractivity contribution < 1.29 is 4.39 Å². The number of nitrogens with two attached hydrogens (primary N) is 1. The molecule has 0 aliphatic carbocycles. The topological polar surface area (TPSA) is 79.9 Å². The molecular formula is C9H8FN5. The summed E-state index contributed by atoms with van der Waals surface area (Å²) < 4.78 is 12.6. The van der Waals surface area contributed by atoms with Crippen LogP contribution in [0.25, 0.3) is 0 Å². The van der Waals surface area contributed by atoms with Crippen LogP contribution in [-0.2, 0) is 0 Å². The van der Waals surface area contributed by atoms with Gasteiger partial charge in [0.1, 0.15) is 5.82 Å². The Hall–Kier alpha value is -2.24. The van der Waals surface area contributed by atoms with E-state index in [1.807, 2.05) is 0 Å². The standard InChI is InChI=1S/C9H8FN5/c10-7-3-1-6(2-4-7)5-12-9-13-8(11)14-15-9/h1-5H,(H3,11,13,14,15)/b12-5+. The second-order valence-electron chi connectivity index (χ2n) is 2.83. The van der Waals surface area contributed by atoms with E-state index in [1.165, 1.54) is 18.3 Å². The third-order valence-electron chi connectivity index (χ3n) is 1.69. The SMILES string of the molecule is Nc1nc(/N=C/c2ccc(F)cc2)n[nH]1. The second kappa shape index (κ2) is 3.87. The lowest BCUT2D eigenvalue weighted by Crippen LogP contribution is -1.84. The number of hydrogen-bond acceptors (Lipinski definition) is 4. The molecule has 0 fully saturated rings. The molecule has 0 aliphatic heterocycles. The van der Waals surface area contributed by atoms with Crippen LogP contribution in [-0.4, -0.2) is 21.4 Å². The first kappa shape index (κ1) is 9.32. The van der Waals surface area contributed by atoms with Gasteiger partial charge in [0.25, 0.3) is 5.95 Å². The van der Waals surface area contributed by atoms with Gasteiger partial charge >= 0.3 is 0 Å². The summed E-state index contributed by atoms with van der Waals surface area (Å²) >= 11 is 0. The maximum Gasteiger partial charge on any atom is 0.269 e. The average Bonchev–Trinajstić information content (AvgIpc) is 2.64. The molecule has 2 rings (SSSR count). The van der Waals surface area contributed by atoms with Crippen molar-refractivity contribution >= 4 is 18.1 Å². The van der Waals surface area contributed by atoms with Crippen molar-refractivity contribution in [2.75, 3.05) is 5.73 Å². The molecule has 5 nitrogen and oxygen atoms in total. The van der Waals surface area contributed by atoms with Gasteiger partial charge in [0, 0.05) is 6.21 Å². The van der Waals surface area contributed by atoms with Gasteiger partial charge in [-0.05, 0) is 17.7 Å². The zero-order chi connectivity index (χ0) is 10.7. The molecule has 1 heterocycles. The molecule has 0 bridgehead atoms. The molecule has 0 unspecified atom stereocenters. The minimum atomic E-state index is -0.283. The lowest BCUT2D eigenvalue weighted by atomic mass is 10.2. The predicted molar refractivity (Wildman–Crippen MR) is 54.4 cm³/mol. The molecule has 0 atom stereocenters. The Bertz CT molecular complexity index is 474. The van der Waals surface area contributed by atoms with Gasteiger partial charge in [-0.2, -0.15) is 4.98 Å². The number of nitrogen functional groups attached to an aromatic ring is 1. The van der Waals surface area contributed by atoms with Gasteiger partial charge in [-0.15, -0.1) is 5.10 Å². The van der Waals surface area contributed by atoms with Gasteiger partial charge in [0.2, 0.25) is 5.95 Å². The van der Waals surface area contributed by atoms with E-state index in [4.69, 9.17) is 5.73 Å². The molecule has 6 heteroatoms. The first-order valence-electron chi connectivity index (χ1n) is 4.21. The third kappa shape index (κ3) is 2.37. The zero-order valence-electron chi connectivity index (χ0n) is 7.68. The highest BCUT2D eigenvalue weighted by atomic mass is 19.1. The summed E-state index contributed by atoms with van der Waals surface area (Å²) in [5.74, 6) is 0.173. The highest BCUT2D eigenvalue weighted by Crippen LogP contribution is 2.05. The normalized spacial score (nSPS) is 11.0. The summed E-state index contributed by atoms with van der Waals surface area (Å²) in [5, 5.41) is 6.17. The van der Waals surface area contributed by atoms with E-state index >= 15 is 0 Å². The minimum absolute atomic E-state index is 0.209. The van der Waals surface area contributed by atoms with Crippen LogP contribution in [0.3, 0.4) is 0 Å². The van der Waals surface area contributed by atoms with Crippen LogP contribution in [0.5, 0.6) is 0 Å². The minimum Gasteiger partial charge on any atom is -0.368 e. The number of nitrogens with one attached hydrogen (secondary N) is 1. The van der Waals surface area contributed by atoms with Crippen LogP contribution < -0.4 is 5.73 Å². The molecule has 2 aromatic rings. The van der Waals surface area contributed by atoms with Gasteiger partial charge in [-0.25, -0.2) is 14.5 Å². The van der Waals surface area contributed by atoms with Gasteiger partial charge < -0.3 is 5.73 Å². The van der Waals surface area contributed by atoms with E-state index in [-0.39, 0.29) is 17.7 Å². The van der Waals surface area contributed by atoms with Crippen LogP contribution in [0.4, 0.5) is 16.3 Å². The first-order chi connectivity index (χ1) is 7.24. The highest BCUT2D eigenvalue weighted by molar-refractivity contribution is 5.81. The van der Waals surface area contributed by atoms with Crippen molar-refractivity contribution in [1.82, 2.24) is 15.2 Å². The zero-order valence-corrected chi connectivity index (χ0v) is 7.68. The summed E-state index contributed by atoms with van der Waals surface area (Å²) in [4.78, 5) is 7.73. The Labute approximate surface area is 84.9 Å². The highest BCUT2D eigenvalue weighted by Gasteiger charge is 1.95. The lowest BCUT2D eigenvalue weighted by Gasteiger charge is -1.90. The number of aromatic amines is 1. The van der Waals surface area contributed by atoms with E-state index in [1.54, 1.807) is 12.1 Å². The maximum absolute atomic E-state index is 12.6. The monoisotopic (exact) mass is 205 g/mol. The van der Waals surface area contributed by atoms with E-state index in [9.17, 15) is 4.39 Å². The maximum atomic E-state index is 12.6. The van der Waals surface area contributed by atoms with Gasteiger partial charge in [-0.3, -0.25) is 0 Å². The number of nitrogens with zero attached hydrogens (tertiary/aromatic N) is 3. The molecule has 0 amide bonds. The molecule has 0 spiro atoms. The molecule has 0 saturated heterocycles. The van der Waals surface area contributed by atoms with Crippen LogP contribution in [0.15, 0.2) is 29.3 Å². The van der Waals surface area contributed by atoms with Crippen molar-refractivity contribution in [3.8, 4) is 0 Å². The Kier molecular flexibility index (Phi) is 2.40. The van der Waals surface area contributed by atoms with Crippen molar-refractivity contribution in [2.24, 2.45) is 4.99 Å². The number of H-pyrrole nitrogens is 1. The molecule has 0 radical (unpaired) electrons. The summed E-state index contributed by atoms with van der Waals surface area (Å²) in [6, 6.07) is 5.92. The third-order valence-corrected chi connectivity index (χ3v) is 1.69. The summed E-state index contributed by atoms with van der Waals surface area (Å²) in [6.45, 7) is 0. The number of aliphatic imine (C=N–C) groups is 1. The molecule has 0 aliphatic rings. The Morgan fingerprint density at radius 2 is 2.07 bits per heavy atom. The number of benzene rings is 1. The van der Waals surface area contributed by atoms with E-state index in [0.717, 1.165) is 5.56 Å². The Morgan fingerprint density at radius 1 is 1.33 bits per heavy atom.